The summed E-state index contributed by atoms with van der Waals surface area (Å²) in [5.41, 5.74) is 0.335. The average molecular weight is 321 g/mol. The first kappa shape index (κ1) is 15.9. The lowest BCUT2D eigenvalue weighted by Gasteiger charge is -2.15. The summed E-state index contributed by atoms with van der Waals surface area (Å²) in [6.07, 6.45) is 2.59. The lowest BCUT2D eigenvalue weighted by Crippen LogP contribution is -2.28. The molecule has 0 saturated heterocycles. The number of hydrogen-bond acceptors (Lipinski definition) is 6. The van der Waals surface area contributed by atoms with Crippen LogP contribution in [0.3, 0.4) is 0 Å². The molecule has 0 unspecified atom stereocenters. The molecule has 1 aromatic heterocycles. The summed E-state index contributed by atoms with van der Waals surface area (Å²) in [4.78, 5) is 21.9. The monoisotopic (exact) mass is 321 g/mol. The van der Waals surface area contributed by atoms with Crippen LogP contribution in [0.25, 0.3) is 0 Å². The fraction of sp³-hybridized carbons (Fsp3) is 0.214. The van der Waals surface area contributed by atoms with Crippen molar-refractivity contribution in [2.75, 3.05) is 25.3 Å². The molecule has 1 amide bonds. The van der Waals surface area contributed by atoms with E-state index in [9.17, 15) is 13.2 Å². The van der Waals surface area contributed by atoms with Gasteiger partial charge in [0, 0.05) is 31.1 Å². The molecule has 1 heterocycles. The second-order valence-electron chi connectivity index (χ2n) is 4.56. The van der Waals surface area contributed by atoms with Crippen LogP contribution >= 0.6 is 0 Å². The van der Waals surface area contributed by atoms with Crippen molar-refractivity contribution in [1.82, 2.24) is 9.97 Å². The van der Waals surface area contributed by atoms with E-state index in [1.54, 1.807) is 6.07 Å². The molecule has 0 atom stereocenters. The molecular formula is C14H15N3O4S. The maximum absolute atomic E-state index is 12.4. The fourth-order valence-corrected chi connectivity index (χ4v) is 2.37. The predicted octanol–water partition coefficient (Wildman–Crippen LogP) is 1.17. The van der Waals surface area contributed by atoms with Gasteiger partial charge < -0.3 is 4.74 Å². The summed E-state index contributed by atoms with van der Waals surface area (Å²) in [5.74, 6) is 0.182. The Hall–Kier alpha value is -2.48. The standard InChI is InChI=1S/C14H15N3O4S/c1-17(14-15-9-8-12(16-14)21-2)13(18)10-4-6-11(7-5-10)22(3,19)20/h4-9H,1-3H3. The zero-order chi connectivity index (χ0) is 16.3. The van der Waals surface area contributed by atoms with E-state index in [0.29, 0.717) is 11.4 Å². The van der Waals surface area contributed by atoms with Gasteiger partial charge in [0.05, 0.1) is 12.0 Å². The molecule has 0 radical (unpaired) electrons. The zero-order valence-electron chi connectivity index (χ0n) is 12.3. The van der Waals surface area contributed by atoms with E-state index in [-0.39, 0.29) is 16.8 Å². The molecule has 0 fully saturated rings. The van der Waals surface area contributed by atoms with Crippen molar-refractivity contribution in [3.05, 3.63) is 42.1 Å². The van der Waals surface area contributed by atoms with Crippen molar-refractivity contribution in [3.8, 4) is 5.88 Å². The molecule has 22 heavy (non-hydrogen) atoms. The van der Waals surface area contributed by atoms with Gasteiger partial charge in [-0.2, -0.15) is 4.98 Å². The minimum atomic E-state index is -3.29. The van der Waals surface area contributed by atoms with Crippen LogP contribution in [0.1, 0.15) is 10.4 Å². The third-order valence-corrected chi connectivity index (χ3v) is 4.09. The van der Waals surface area contributed by atoms with Gasteiger partial charge in [0.1, 0.15) is 0 Å². The number of aromatic nitrogens is 2. The molecule has 0 N–H and O–H groups in total. The van der Waals surface area contributed by atoms with E-state index in [2.05, 4.69) is 9.97 Å². The van der Waals surface area contributed by atoms with Crippen LogP contribution in [0.2, 0.25) is 0 Å². The Labute approximate surface area is 128 Å². The summed E-state index contributed by atoms with van der Waals surface area (Å²) in [7, 11) is -0.293. The smallest absolute Gasteiger partial charge is 0.260 e. The fourth-order valence-electron chi connectivity index (χ4n) is 1.74. The highest BCUT2D eigenvalue weighted by atomic mass is 32.2. The molecule has 2 rings (SSSR count). The van der Waals surface area contributed by atoms with E-state index in [4.69, 9.17) is 4.74 Å². The first-order chi connectivity index (χ1) is 10.3. The lowest BCUT2D eigenvalue weighted by atomic mass is 10.2. The number of benzene rings is 1. The van der Waals surface area contributed by atoms with Gasteiger partial charge in [0.15, 0.2) is 9.84 Å². The third kappa shape index (κ3) is 3.40. The van der Waals surface area contributed by atoms with E-state index in [0.717, 1.165) is 6.26 Å². The molecule has 0 aliphatic rings. The topological polar surface area (TPSA) is 89.5 Å². The molecule has 1 aromatic carbocycles. The summed E-state index contributed by atoms with van der Waals surface area (Å²) in [6.45, 7) is 0. The van der Waals surface area contributed by atoms with Gasteiger partial charge in [0.2, 0.25) is 11.8 Å². The van der Waals surface area contributed by atoms with E-state index >= 15 is 0 Å². The number of anilines is 1. The maximum atomic E-state index is 12.4. The van der Waals surface area contributed by atoms with Crippen molar-refractivity contribution in [2.24, 2.45) is 0 Å². The number of methoxy groups -OCH3 is 1. The Morgan fingerprint density at radius 3 is 2.36 bits per heavy atom. The Kier molecular flexibility index (Phi) is 4.41. The Morgan fingerprint density at radius 1 is 1.18 bits per heavy atom. The first-order valence-corrected chi connectivity index (χ1v) is 8.17. The second-order valence-corrected chi connectivity index (χ2v) is 6.58. The number of carbonyl (C=O) groups excluding carboxylic acids is 1. The number of hydrogen-bond donors (Lipinski definition) is 0. The van der Waals surface area contributed by atoms with E-state index < -0.39 is 9.84 Å². The molecule has 0 spiro atoms. The van der Waals surface area contributed by atoms with E-state index in [1.165, 1.54) is 49.5 Å². The van der Waals surface area contributed by atoms with Gasteiger partial charge in [-0.15, -0.1) is 0 Å². The highest BCUT2D eigenvalue weighted by molar-refractivity contribution is 7.90. The number of nitrogens with zero attached hydrogens (tertiary/aromatic N) is 3. The second kappa shape index (κ2) is 6.10. The van der Waals surface area contributed by atoms with Crippen LogP contribution in [-0.2, 0) is 9.84 Å². The number of amides is 1. The SMILES string of the molecule is COc1ccnc(N(C)C(=O)c2ccc(S(C)(=O)=O)cc2)n1. The first-order valence-electron chi connectivity index (χ1n) is 6.28. The molecular weight excluding hydrogens is 306 g/mol. The van der Waals surface area contributed by atoms with Crippen LogP contribution in [-0.4, -0.2) is 44.7 Å². The van der Waals surface area contributed by atoms with Crippen LogP contribution in [0.4, 0.5) is 5.95 Å². The van der Waals surface area contributed by atoms with Gasteiger partial charge in [-0.1, -0.05) is 0 Å². The van der Waals surface area contributed by atoms with Crippen LogP contribution in [0, 0.1) is 0 Å². The Balaban J connectivity index is 2.27. The Morgan fingerprint density at radius 2 is 1.82 bits per heavy atom. The van der Waals surface area contributed by atoms with Crippen molar-refractivity contribution in [2.45, 2.75) is 4.90 Å². The summed E-state index contributed by atoms with van der Waals surface area (Å²) in [6, 6.07) is 7.26. The quantitative estimate of drug-likeness (QED) is 0.839. The molecule has 0 saturated carbocycles. The van der Waals surface area contributed by atoms with Gasteiger partial charge in [-0.25, -0.2) is 13.4 Å². The van der Waals surface area contributed by atoms with Crippen LogP contribution in [0.5, 0.6) is 5.88 Å². The maximum Gasteiger partial charge on any atom is 0.260 e. The largest absolute Gasteiger partial charge is 0.481 e. The van der Waals surface area contributed by atoms with Crippen LogP contribution < -0.4 is 9.64 Å². The summed E-state index contributed by atoms with van der Waals surface area (Å²) in [5, 5.41) is 0. The van der Waals surface area contributed by atoms with Crippen molar-refractivity contribution in [3.63, 3.8) is 0 Å². The molecule has 7 nitrogen and oxygen atoms in total. The lowest BCUT2D eigenvalue weighted by molar-refractivity contribution is 0.0991. The van der Waals surface area contributed by atoms with Gasteiger partial charge >= 0.3 is 0 Å². The summed E-state index contributed by atoms with van der Waals surface area (Å²) >= 11 is 0. The molecule has 0 bridgehead atoms. The third-order valence-electron chi connectivity index (χ3n) is 2.96. The minimum absolute atomic E-state index is 0.157. The Bertz CT molecular complexity index is 788. The van der Waals surface area contributed by atoms with Crippen LogP contribution in [0.15, 0.2) is 41.4 Å². The number of carbonyl (C=O) groups is 1. The zero-order valence-corrected chi connectivity index (χ0v) is 13.2. The van der Waals surface area contributed by atoms with Gasteiger partial charge in [-0.05, 0) is 24.3 Å². The van der Waals surface area contributed by atoms with Gasteiger partial charge in [0.25, 0.3) is 5.91 Å². The van der Waals surface area contributed by atoms with Crippen molar-refractivity contribution in [1.29, 1.82) is 0 Å². The van der Waals surface area contributed by atoms with Gasteiger partial charge in [-0.3, -0.25) is 9.69 Å². The minimum Gasteiger partial charge on any atom is -0.481 e. The normalized spacial score (nSPS) is 11.0. The molecule has 8 heteroatoms. The number of rotatable bonds is 4. The average Bonchev–Trinajstić information content (AvgIpc) is 2.53. The van der Waals surface area contributed by atoms with Crippen molar-refractivity contribution >= 4 is 21.7 Å². The highest BCUT2D eigenvalue weighted by Gasteiger charge is 2.17. The van der Waals surface area contributed by atoms with E-state index in [1.807, 2.05) is 0 Å². The number of ether oxygens (including phenoxy) is 1. The molecule has 116 valence electrons. The predicted molar refractivity (Wildman–Crippen MR) is 80.9 cm³/mol. The highest BCUT2D eigenvalue weighted by Crippen LogP contribution is 2.15. The molecule has 0 aliphatic heterocycles. The molecule has 2 aromatic rings. The van der Waals surface area contributed by atoms with Crippen molar-refractivity contribution < 1.29 is 17.9 Å². The molecule has 0 aliphatic carbocycles. The number of sulfone groups is 1. The summed E-state index contributed by atoms with van der Waals surface area (Å²) < 4.78 is 27.8.